The Hall–Kier alpha value is -1.04. The van der Waals surface area contributed by atoms with E-state index in [0.717, 1.165) is 0 Å². The van der Waals surface area contributed by atoms with Gasteiger partial charge in [-0.15, -0.1) is 0 Å². The predicted molar refractivity (Wildman–Crippen MR) is 85.9 cm³/mol. The Morgan fingerprint density at radius 1 is 1.29 bits per heavy atom. The number of carbonyl (C=O) groups is 1. The van der Waals surface area contributed by atoms with E-state index in [4.69, 9.17) is 28.9 Å². The lowest BCUT2D eigenvalue weighted by Gasteiger charge is -2.37. The number of anilines is 1. The highest BCUT2D eigenvalue weighted by molar-refractivity contribution is 6.36. The number of halogens is 2. The van der Waals surface area contributed by atoms with Gasteiger partial charge in [0.15, 0.2) is 0 Å². The summed E-state index contributed by atoms with van der Waals surface area (Å²) in [5, 5.41) is 1.04. The van der Waals surface area contributed by atoms with Crippen molar-refractivity contribution in [3.8, 4) is 0 Å². The molecule has 1 aliphatic rings. The first-order valence-electron chi connectivity index (χ1n) is 7.00. The number of nitrogens with two attached hydrogens (primary N) is 1. The fourth-order valence-corrected chi connectivity index (χ4v) is 2.77. The van der Waals surface area contributed by atoms with Crippen LogP contribution in [0.25, 0.3) is 0 Å². The molecule has 2 N–H and O–H groups in total. The monoisotopic (exact) mass is 330 g/mol. The zero-order chi connectivity index (χ0) is 15.6. The van der Waals surface area contributed by atoms with E-state index in [9.17, 15) is 4.79 Å². The second-order valence-electron chi connectivity index (χ2n) is 5.54. The summed E-state index contributed by atoms with van der Waals surface area (Å²) >= 11 is 12.0. The van der Waals surface area contributed by atoms with Gasteiger partial charge in [-0.3, -0.25) is 4.79 Å². The van der Waals surface area contributed by atoms with Crippen molar-refractivity contribution in [1.82, 2.24) is 9.88 Å². The zero-order valence-corrected chi connectivity index (χ0v) is 13.7. The minimum atomic E-state index is -0.436. The summed E-state index contributed by atoms with van der Waals surface area (Å²) in [6.07, 6.45) is 1.58. The summed E-state index contributed by atoms with van der Waals surface area (Å²) in [4.78, 5) is 20.4. The summed E-state index contributed by atoms with van der Waals surface area (Å²) in [6.45, 7) is 6.53. The molecule has 1 amide bonds. The second-order valence-corrected chi connectivity index (χ2v) is 6.38. The summed E-state index contributed by atoms with van der Waals surface area (Å²) in [5.74, 6) is 0.865. The van der Waals surface area contributed by atoms with Gasteiger partial charge in [-0.1, -0.05) is 37.0 Å². The number of rotatable bonds is 3. The van der Waals surface area contributed by atoms with Crippen molar-refractivity contribution in [2.24, 2.45) is 11.7 Å². The van der Waals surface area contributed by atoms with Gasteiger partial charge in [-0.2, -0.15) is 0 Å². The number of pyridine rings is 1. The highest BCUT2D eigenvalue weighted by Gasteiger charge is 2.27. The first kappa shape index (κ1) is 16.3. The van der Waals surface area contributed by atoms with Crippen LogP contribution in [0.3, 0.4) is 0 Å². The molecule has 1 atom stereocenters. The first-order valence-corrected chi connectivity index (χ1v) is 7.76. The van der Waals surface area contributed by atoms with Gasteiger partial charge in [0.05, 0.1) is 16.1 Å². The number of hydrogen-bond acceptors (Lipinski definition) is 4. The molecule has 0 radical (unpaired) electrons. The van der Waals surface area contributed by atoms with E-state index in [1.807, 2.05) is 18.7 Å². The number of amides is 1. The van der Waals surface area contributed by atoms with Crippen LogP contribution < -0.4 is 10.6 Å². The molecule has 0 unspecified atom stereocenters. The van der Waals surface area contributed by atoms with Crippen LogP contribution in [0.15, 0.2) is 12.3 Å². The van der Waals surface area contributed by atoms with Crippen molar-refractivity contribution in [3.63, 3.8) is 0 Å². The molecular formula is C14H20Cl2N4O. The number of aromatic nitrogens is 1. The Morgan fingerprint density at radius 3 is 2.43 bits per heavy atom. The molecule has 7 heteroatoms. The second kappa shape index (κ2) is 6.81. The molecule has 0 aromatic carbocycles. The van der Waals surface area contributed by atoms with Crippen molar-refractivity contribution < 1.29 is 4.79 Å². The van der Waals surface area contributed by atoms with E-state index in [2.05, 4.69) is 9.88 Å². The average Bonchev–Trinajstić information content (AvgIpc) is 2.46. The third-order valence-electron chi connectivity index (χ3n) is 3.68. The minimum absolute atomic E-state index is 0.0137. The predicted octanol–water partition coefficient (Wildman–Crippen LogP) is 2.02. The Kier molecular flexibility index (Phi) is 5.30. The number of nitrogens with zero attached hydrogens (tertiary/aromatic N) is 3. The smallest absolute Gasteiger partial charge is 0.239 e. The van der Waals surface area contributed by atoms with Crippen LogP contribution in [-0.2, 0) is 4.79 Å². The Bertz CT molecular complexity index is 516. The molecule has 1 aromatic heterocycles. The largest absolute Gasteiger partial charge is 0.352 e. The molecule has 1 aliphatic heterocycles. The van der Waals surface area contributed by atoms with Gasteiger partial charge in [0.25, 0.3) is 0 Å². The third kappa shape index (κ3) is 3.78. The van der Waals surface area contributed by atoms with Crippen LogP contribution >= 0.6 is 23.2 Å². The van der Waals surface area contributed by atoms with Crippen LogP contribution in [-0.4, -0.2) is 48.0 Å². The van der Waals surface area contributed by atoms with Crippen molar-refractivity contribution >= 4 is 34.9 Å². The average molecular weight is 331 g/mol. The standard InChI is InChI=1S/C14H20Cl2N4O/c1-9(2)12(17)14(21)20-5-3-19(4-6-20)13-11(16)7-10(15)8-18-13/h7-9,12H,3-6,17H2,1-2H3/t12-/m0/s1. The minimum Gasteiger partial charge on any atom is -0.352 e. The van der Waals surface area contributed by atoms with Crippen molar-refractivity contribution in [2.75, 3.05) is 31.1 Å². The summed E-state index contributed by atoms with van der Waals surface area (Å²) in [6, 6.07) is 1.24. The van der Waals surface area contributed by atoms with Gasteiger partial charge in [0, 0.05) is 32.4 Å². The summed E-state index contributed by atoms with van der Waals surface area (Å²) in [5.41, 5.74) is 5.92. The molecule has 2 heterocycles. The van der Waals surface area contributed by atoms with E-state index in [1.54, 1.807) is 12.3 Å². The molecule has 0 saturated carbocycles. The maximum absolute atomic E-state index is 12.2. The number of hydrogen-bond donors (Lipinski definition) is 1. The van der Waals surface area contributed by atoms with E-state index < -0.39 is 6.04 Å². The normalized spacial score (nSPS) is 17.2. The molecule has 0 bridgehead atoms. The molecule has 0 aliphatic carbocycles. The van der Waals surface area contributed by atoms with Gasteiger partial charge in [-0.05, 0) is 12.0 Å². The molecule has 116 valence electrons. The van der Waals surface area contributed by atoms with Gasteiger partial charge < -0.3 is 15.5 Å². The summed E-state index contributed by atoms with van der Waals surface area (Å²) < 4.78 is 0. The lowest BCUT2D eigenvalue weighted by molar-refractivity contribution is -0.133. The molecule has 21 heavy (non-hydrogen) atoms. The molecular weight excluding hydrogens is 311 g/mol. The van der Waals surface area contributed by atoms with Gasteiger partial charge in [0.2, 0.25) is 5.91 Å². The van der Waals surface area contributed by atoms with Crippen LogP contribution in [0.1, 0.15) is 13.8 Å². The molecule has 0 spiro atoms. The number of carbonyl (C=O) groups excluding carboxylic acids is 1. The van der Waals surface area contributed by atoms with Crippen LogP contribution in [0.4, 0.5) is 5.82 Å². The van der Waals surface area contributed by atoms with Crippen molar-refractivity contribution in [1.29, 1.82) is 0 Å². The molecule has 1 aromatic rings. The lowest BCUT2D eigenvalue weighted by Crippen LogP contribution is -2.54. The van der Waals surface area contributed by atoms with Gasteiger partial charge >= 0.3 is 0 Å². The maximum Gasteiger partial charge on any atom is 0.239 e. The van der Waals surface area contributed by atoms with Crippen molar-refractivity contribution in [3.05, 3.63) is 22.3 Å². The molecule has 2 rings (SSSR count). The third-order valence-corrected chi connectivity index (χ3v) is 4.17. The SMILES string of the molecule is CC(C)[C@H](N)C(=O)N1CCN(c2ncc(Cl)cc2Cl)CC1. The fraction of sp³-hybridized carbons (Fsp3) is 0.571. The highest BCUT2D eigenvalue weighted by atomic mass is 35.5. The molecule has 1 saturated heterocycles. The lowest BCUT2D eigenvalue weighted by atomic mass is 10.0. The van der Waals surface area contributed by atoms with Crippen LogP contribution in [0, 0.1) is 5.92 Å². The van der Waals surface area contributed by atoms with E-state index in [0.29, 0.717) is 42.0 Å². The van der Waals surface area contributed by atoms with Crippen LogP contribution in [0.2, 0.25) is 10.0 Å². The highest BCUT2D eigenvalue weighted by Crippen LogP contribution is 2.26. The van der Waals surface area contributed by atoms with E-state index in [1.165, 1.54) is 0 Å². The van der Waals surface area contributed by atoms with E-state index in [-0.39, 0.29) is 11.8 Å². The Balaban J connectivity index is 1.98. The number of piperazine rings is 1. The quantitative estimate of drug-likeness (QED) is 0.920. The molecule has 1 fully saturated rings. The fourth-order valence-electron chi connectivity index (χ4n) is 2.27. The first-order chi connectivity index (χ1) is 9.90. The van der Waals surface area contributed by atoms with Crippen LogP contribution in [0.5, 0.6) is 0 Å². The topological polar surface area (TPSA) is 62.5 Å². The van der Waals surface area contributed by atoms with Crippen molar-refractivity contribution in [2.45, 2.75) is 19.9 Å². The Morgan fingerprint density at radius 2 is 1.90 bits per heavy atom. The molecule has 5 nitrogen and oxygen atoms in total. The summed E-state index contributed by atoms with van der Waals surface area (Å²) in [7, 11) is 0. The zero-order valence-electron chi connectivity index (χ0n) is 12.2. The Labute approximate surface area is 135 Å². The van der Waals surface area contributed by atoms with E-state index >= 15 is 0 Å². The maximum atomic E-state index is 12.2. The van der Waals surface area contributed by atoms with Gasteiger partial charge in [-0.25, -0.2) is 4.98 Å². The van der Waals surface area contributed by atoms with Gasteiger partial charge in [0.1, 0.15) is 5.82 Å².